The van der Waals surface area contributed by atoms with Crippen LogP contribution in [0.2, 0.25) is 0 Å². The quantitative estimate of drug-likeness (QED) is 0.275. The largest absolute Gasteiger partial charge is 0.390 e. The van der Waals surface area contributed by atoms with E-state index in [4.69, 9.17) is 4.84 Å². The second-order valence-electron chi connectivity index (χ2n) is 7.22. The average molecular weight is 510 g/mol. The van der Waals surface area contributed by atoms with Crippen molar-refractivity contribution in [3.05, 3.63) is 33.7 Å². The first-order chi connectivity index (χ1) is 13.8. The third-order valence-electron chi connectivity index (χ3n) is 5.02. The van der Waals surface area contributed by atoms with E-state index in [2.05, 4.69) is 32.3 Å². The zero-order chi connectivity index (χ0) is 21.4. The molecule has 1 aromatic heterocycles. The SMILES string of the molecule is C=NOC(C)(CC)CC(CC)C(=O)N(C)Cc1ccc(-c2nnc(I)nn2)cc1. The summed E-state index contributed by atoms with van der Waals surface area (Å²) in [5, 5.41) is 19.5. The highest BCUT2D eigenvalue weighted by atomic mass is 127. The Kier molecular flexibility index (Phi) is 8.42. The molecular weight excluding hydrogens is 483 g/mol. The maximum atomic E-state index is 13.0. The summed E-state index contributed by atoms with van der Waals surface area (Å²) in [5.41, 5.74) is 1.36. The van der Waals surface area contributed by atoms with Crippen LogP contribution in [0, 0.1) is 9.75 Å². The van der Waals surface area contributed by atoms with E-state index in [1.54, 1.807) is 4.90 Å². The molecule has 0 saturated heterocycles. The van der Waals surface area contributed by atoms with Crippen LogP contribution in [0.4, 0.5) is 0 Å². The zero-order valence-electron chi connectivity index (χ0n) is 17.3. The van der Waals surface area contributed by atoms with Gasteiger partial charge in [-0.1, -0.05) is 38.1 Å². The second kappa shape index (κ2) is 10.6. The Morgan fingerprint density at radius 1 is 1.24 bits per heavy atom. The van der Waals surface area contributed by atoms with Gasteiger partial charge < -0.3 is 9.74 Å². The molecule has 1 amide bonds. The van der Waals surface area contributed by atoms with Crippen LogP contribution in [-0.4, -0.2) is 50.6 Å². The van der Waals surface area contributed by atoms with Gasteiger partial charge in [0, 0.05) is 60.8 Å². The third kappa shape index (κ3) is 6.41. The monoisotopic (exact) mass is 510 g/mol. The fourth-order valence-corrected chi connectivity index (χ4v) is 3.30. The topological polar surface area (TPSA) is 93.5 Å². The summed E-state index contributed by atoms with van der Waals surface area (Å²) in [6.45, 7) is 9.94. The van der Waals surface area contributed by atoms with E-state index in [0.29, 0.717) is 22.6 Å². The summed E-state index contributed by atoms with van der Waals surface area (Å²) in [6, 6.07) is 7.74. The van der Waals surface area contributed by atoms with Crippen molar-refractivity contribution in [2.75, 3.05) is 7.05 Å². The Balaban J connectivity index is 2.03. The van der Waals surface area contributed by atoms with Crippen LogP contribution < -0.4 is 0 Å². The number of benzene rings is 1. The second-order valence-corrected chi connectivity index (χ2v) is 8.18. The fraction of sp³-hybridized carbons (Fsp3) is 0.500. The van der Waals surface area contributed by atoms with Crippen molar-refractivity contribution in [2.45, 2.75) is 52.2 Å². The smallest absolute Gasteiger partial charge is 0.232 e. The van der Waals surface area contributed by atoms with E-state index in [-0.39, 0.29) is 11.8 Å². The molecule has 0 N–H and O–H groups in total. The van der Waals surface area contributed by atoms with Crippen molar-refractivity contribution in [1.29, 1.82) is 0 Å². The molecule has 29 heavy (non-hydrogen) atoms. The van der Waals surface area contributed by atoms with Crippen molar-refractivity contribution < 1.29 is 9.63 Å². The summed E-state index contributed by atoms with van der Waals surface area (Å²) in [6.07, 6.45) is 2.10. The molecule has 0 saturated carbocycles. The first kappa shape index (κ1) is 23.1. The molecule has 2 atom stereocenters. The Hall–Kier alpha value is -2.17. The van der Waals surface area contributed by atoms with Gasteiger partial charge in [-0.05, 0) is 25.3 Å². The summed E-state index contributed by atoms with van der Waals surface area (Å²) in [7, 11) is 1.82. The van der Waals surface area contributed by atoms with Crippen molar-refractivity contribution in [3.8, 4) is 11.4 Å². The normalized spacial score (nSPS) is 14.0. The maximum Gasteiger partial charge on any atom is 0.232 e. The number of hydrogen-bond acceptors (Lipinski definition) is 7. The van der Waals surface area contributed by atoms with E-state index in [9.17, 15) is 4.79 Å². The molecule has 2 rings (SSSR count). The van der Waals surface area contributed by atoms with Gasteiger partial charge in [0.2, 0.25) is 15.6 Å². The number of nitrogens with zero attached hydrogens (tertiary/aromatic N) is 6. The van der Waals surface area contributed by atoms with Gasteiger partial charge in [-0.3, -0.25) is 4.79 Å². The van der Waals surface area contributed by atoms with Crippen LogP contribution in [0.1, 0.15) is 45.6 Å². The Labute approximate surface area is 185 Å². The van der Waals surface area contributed by atoms with Gasteiger partial charge in [-0.25, -0.2) is 0 Å². The molecule has 2 aromatic rings. The molecule has 0 radical (unpaired) electrons. The molecule has 0 bridgehead atoms. The molecular formula is C20H27IN6O2. The molecule has 0 spiro atoms. The highest BCUT2D eigenvalue weighted by Crippen LogP contribution is 2.28. The highest BCUT2D eigenvalue weighted by molar-refractivity contribution is 14.1. The van der Waals surface area contributed by atoms with Gasteiger partial charge in [0.05, 0.1) is 0 Å². The van der Waals surface area contributed by atoms with Crippen molar-refractivity contribution in [2.24, 2.45) is 11.1 Å². The Morgan fingerprint density at radius 2 is 1.86 bits per heavy atom. The number of oxime groups is 1. The minimum absolute atomic E-state index is 0.0956. The maximum absolute atomic E-state index is 13.0. The lowest BCUT2D eigenvalue weighted by atomic mass is 9.87. The Bertz CT molecular complexity index is 815. The van der Waals surface area contributed by atoms with Crippen molar-refractivity contribution in [1.82, 2.24) is 25.3 Å². The Morgan fingerprint density at radius 3 is 2.38 bits per heavy atom. The lowest BCUT2D eigenvalue weighted by Crippen LogP contribution is -2.38. The van der Waals surface area contributed by atoms with Crippen LogP contribution in [0.5, 0.6) is 0 Å². The van der Waals surface area contributed by atoms with E-state index >= 15 is 0 Å². The fourth-order valence-electron chi connectivity index (χ4n) is 3.08. The van der Waals surface area contributed by atoms with Crippen LogP contribution in [0.15, 0.2) is 29.4 Å². The lowest BCUT2D eigenvalue weighted by molar-refractivity contribution is -0.138. The molecule has 2 unspecified atom stereocenters. The summed E-state index contributed by atoms with van der Waals surface area (Å²) in [5.74, 6) is 0.434. The van der Waals surface area contributed by atoms with E-state index in [1.165, 1.54) is 0 Å². The number of halogens is 1. The molecule has 8 nitrogen and oxygen atoms in total. The van der Waals surface area contributed by atoms with Crippen molar-refractivity contribution >= 4 is 35.2 Å². The number of carbonyl (C=O) groups is 1. The molecule has 1 aromatic carbocycles. The number of aromatic nitrogens is 4. The molecule has 156 valence electrons. The minimum atomic E-state index is -0.490. The number of rotatable bonds is 10. The first-order valence-corrected chi connectivity index (χ1v) is 10.6. The lowest BCUT2D eigenvalue weighted by Gasteiger charge is -2.31. The third-order valence-corrected chi connectivity index (χ3v) is 5.45. The van der Waals surface area contributed by atoms with Gasteiger partial charge in [0.25, 0.3) is 0 Å². The van der Waals surface area contributed by atoms with E-state index < -0.39 is 5.60 Å². The number of amides is 1. The van der Waals surface area contributed by atoms with Crippen LogP contribution in [0.25, 0.3) is 11.4 Å². The van der Waals surface area contributed by atoms with E-state index in [1.807, 2.05) is 74.7 Å². The predicted molar refractivity (Wildman–Crippen MR) is 120 cm³/mol. The van der Waals surface area contributed by atoms with Gasteiger partial charge in [-0.15, -0.1) is 25.6 Å². The molecule has 0 aliphatic rings. The van der Waals surface area contributed by atoms with Crippen LogP contribution in [-0.2, 0) is 16.2 Å². The molecule has 1 heterocycles. The van der Waals surface area contributed by atoms with Crippen molar-refractivity contribution in [3.63, 3.8) is 0 Å². The average Bonchev–Trinajstić information content (AvgIpc) is 2.73. The van der Waals surface area contributed by atoms with Crippen LogP contribution >= 0.6 is 22.6 Å². The summed E-state index contributed by atoms with van der Waals surface area (Å²) in [4.78, 5) is 20.2. The standard InChI is InChI=1S/C20H27IN6O2/c1-6-15(12-20(3,7-2)29-22-4)18(28)27(5)13-14-8-10-16(11-9-14)17-23-25-19(21)26-24-17/h8-11,15H,4,6-7,12-13H2,1-3,5H3. The van der Waals surface area contributed by atoms with E-state index in [0.717, 1.165) is 24.0 Å². The highest BCUT2D eigenvalue weighted by Gasteiger charge is 2.32. The molecule has 0 aliphatic carbocycles. The van der Waals surface area contributed by atoms with Crippen LogP contribution in [0.3, 0.4) is 0 Å². The zero-order valence-corrected chi connectivity index (χ0v) is 19.5. The molecule has 9 heteroatoms. The molecule has 0 aliphatic heterocycles. The summed E-state index contributed by atoms with van der Waals surface area (Å²) < 4.78 is 0.502. The predicted octanol–water partition coefficient (Wildman–Crippen LogP) is 3.71. The van der Waals surface area contributed by atoms with Gasteiger partial charge >= 0.3 is 0 Å². The minimum Gasteiger partial charge on any atom is -0.390 e. The van der Waals surface area contributed by atoms with Gasteiger partial charge in [0.15, 0.2) is 0 Å². The number of carbonyl (C=O) groups excluding carboxylic acids is 1. The first-order valence-electron chi connectivity index (χ1n) is 9.53. The van der Waals surface area contributed by atoms with Gasteiger partial charge in [0.1, 0.15) is 5.60 Å². The number of hydrogen-bond donors (Lipinski definition) is 0. The summed E-state index contributed by atoms with van der Waals surface area (Å²) >= 11 is 1.96. The van der Waals surface area contributed by atoms with Gasteiger partial charge in [-0.2, -0.15) is 0 Å². The molecule has 0 fully saturated rings.